The van der Waals surface area contributed by atoms with Crippen LogP contribution in [0.3, 0.4) is 0 Å². The Hall–Kier alpha value is -1.25. The molecule has 15 heavy (non-hydrogen) atoms. The summed E-state index contributed by atoms with van der Waals surface area (Å²) in [6, 6.07) is 0. The van der Waals surface area contributed by atoms with E-state index in [1.54, 1.807) is 0 Å². The van der Waals surface area contributed by atoms with Crippen LogP contribution in [0.15, 0.2) is 25.0 Å². The molecule has 1 rings (SSSR count). The highest BCUT2D eigenvalue weighted by Crippen LogP contribution is 2.10. The van der Waals surface area contributed by atoms with Crippen LogP contribution < -0.4 is 5.32 Å². The molecule has 0 aliphatic heterocycles. The molecule has 1 aromatic rings. The summed E-state index contributed by atoms with van der Waals surface area (Å²) >= 11 is 0. The Labute approximate surface area is 92.2 Å². The number of imidazole rings is 1. The third-order valence-corrected chi connectivity index (χ3v) is 2.74. The van der Waals surface area contributed by atoms with Crippen molar-refractivity contribution in [2.75, 3.05) is 11.9 Å². The molecule has 0 unspecified atom stereocenters. The van der Waals surface area contributed by atoms with Gasteiger partial charge in [-0.25, -0.2) is 4.98 Å². The van der Waals surface area contributed by atoms with E-state index in [1.807, 2.05) is 18.5 Å². The molecule has 0 amide bonds. The van der Waals surface area contributed by atoms with Crippen LogP contribution in [0.4, 0.5) is 5.95 Å². The quantitative estimate of drug-likeness (QED) is 0.697. The molecule has 0 saturated carbocycles. The molecule has 0 aliphatic rings. The minimum atomic E-state index is 0.735. The van der Waals surface area contributed by atoms with Gasteiger partial charge in [-0.3, -0.25) is 0 Å². The lowest BCUT2D eigenvalue weighted by molar-refractivity contribution is 0.516. The average molecular weight is 207 g/mol. The standard InChI is InChI=1S/C12H21N3/c1-4-8-15-9-7-13-12(15)14-10-11(5-2)6-3/h4,7,9,11H,1,5-6,8,10H2,2-3H3,(H,13,14). The van der Waals surface area contributed by atoms with Crippen LogP contribution >= 0.6 is 0 Å². The van der Waals surface area contributed by atoms with Crippen LogP contribution in [0, 0.1) is 5.92 Å². The number of hydrogen-bond donors (Lipinski definition) is 1. The van der Waals surface area contributed by atoms with Crippen molar-refractivity contribution in [1.82, 2.24) is 9.55 Å². The first-order chi connectivity index (χ1) is 7.31. The summed E-state index contributed by atoms with van der Waals surface area (Å²) in [4.78, 5) is 4.28. The fourth-order valence-corrected chi connectivity index (χ4v) is 1.58. The van der Waals surface area contributed by atoms with Gasteiger partial charge in [-0.2, -0.15) is 0 Å². The number of anilines is 1. The van der Waals surface area contributed by atoms with Gasteiger partial charge in [0, 0.05) is 25.5 Å². The lowest BCUT2D eigenvalue weighted by Gasteiger charge is -2.14. The van der Waals surface area contributed by atoms with Gasteiger partial charge in [0.05, 0.1) is 0 Å². The normalized spacial score (nSPS) is 10.6. The average Bonchev–Trinajstić information content (AvgIpc) is 2.68. The monoisotopic (exact) mass is 207 g/mol. The van der Waals surface area contributed by atoms with Gasteiger partial charge in [0.2, 0.25) is 5.95 Å². The van der Waals surface area contributed by atoms with Gasteiger partial charge in [-0.15, -0.1) is 6.58 Å². The van der Waals surface area contributed by atoms with Crippen molar-refractivity contribution in [2.45, 2.75) is 33.2 Å². The predicted octanol–water partition coefficient (Wildman–Crippen LogP) is 2.92. The Kier molecular flexibility index (Phi) is 4.95. The van der Waals surface area contributed by atoms with E-state index >= 15 is 0 Å². The molecule has 0 radical (unpaired) electrons. The summed E-state index contributed by atoms with van der Waals surface area (Å²) in [5.74, 6) is 1.68. The highest BCUT2D eigenvalue weighted by atomic mass is 15.2. The molecule has 0 aromatic carbocycles. The lowest BCUT2D eigenvalue weighted by atomic mass is 10.0. The van der Waals surface area contributed by atoms with E-state index in [4.69, 9.17) is 0 Å². The van der Waals surface area contributed by atoms with Crippen LogP contribution in [0.25, 0.3) is 0 Å². The first-order valence-electron chi connectivity index (χ1n) is 5.67. The Morgan fingerprint density at radius 3 is 2.87 bits per heavy atom. The van der Waals surface area contributed by atoms with Crippen molar-refractivity contribution in [3.63, 3.8) is 0 Å². The van der Waals surface area contributed by atoms with Gasteiger partial charge in [-0.1, -0.05) is 32.8 Å². The van der Waals surface area contributed by atoms with Gasteiger partial charge >= 0.3 is 0 Å². The molecule has 84 valence electrons. The van der Waals surface area contributed by atoms with Crippen LogP contribution in [-0.4, -0.2) is 16.1 Å². The first kappa shape index (κ1) is 11.8. The molecule has 0 spiro atoms. The van der Waals surface area contributed by atoms with E-state index < -0.39 is 0 Å². The number of nitrogens with zero attached hydrogens (tertiary/aromatic N) is 2. The number of rotatable bonds is 7. The van der Waals surface area contributed by atoms with Crippen molar-refractivity contribution in [3.8, 4) is 0 Å². The molecular weight excluding hydrogens is 186 g/mol. The molecule has 0 fully saturated rings. The molecule has 0 aliphatic carbocycles. The second-order valence-corrected chi connectivity index (χ2v) is 3.76. The zero-order valence-corrected chi connectivity index (χ0v) is 9.74. The van der Waals surface area contributed by atoms with Gasteiger partial charge in [0.25, 0.3) is 0 Å². The number of hydrogen-bond acceptors (Lipinski definition) is 2. The largest absolute Gasteiger partial charge is 0.355 e. The van der Waals surface area contributed by atoms with Gasteiger partial charge < -0.3 is 9.88 Å². The highest BCUT2D eigenvalue weighted by molar-refractivity contribution is 5.26. The predicted molar refractivity (Wildman–Crippen MR) is 65.0 cm³/mol. The van der Waals surface area contributed by atoms with Crippen molar-refractivity contribution < 1.29 is 0 Å². The SMILES string of the molecule is C=CCn1ccnc1NCC(CC)CC. The molecule has 0 atom stereocenters. The Morgan fingerprint density at radius 1 is 1.53 bits per heavy atom. The van der Waals surface area contributed by atoms with E-state index in [1.165, 1.54) is 12.8 Å². The summed E-state index contributed by atoms with van der Waals surface area (Å²) in [6.07, 6.45) is 8.09. The second-order valence-electron chi connectivity index (χ2n) is 3.76. The summed E-state index contributed by atoms with van der Waals surface area (Å²) < 4.78 is 2.06. The Bertz CT molecular complexity index is 287. The van der Waals surface area contributed by atoms with Crippen LogP contribution in [0.5, 0.6) is 0 Å². The number of nitrogens with one attached hydrogen (secondary N) is 1. The molecule has 3 heteroatoms. The van der Waals surface area contributed by atoms with E-state index in [9.17, 15) is 0 Å². The summed E-state index contributed by atoms with van der Waals surface area (Å²) in [6.45, 7) is 10.00. The molecule has 3 nitrogen and oxygen atoms in total. The topological polar surface area (TPSA) is 29.9 Å². The third kappa shape index (κ3) is 3.42. The van der Waals surface area contributed by atoms with E-state index in [2.05, 4.69) is 35.3 Å². The summed E-state index contributed by atoms with van der Waals surface area (Å²) in [7, 11) is 0. The molecule has 1 aromatic heterocycles. The van der Waals surface area contributed by atoms with Crippen LogP contribution in [0.1, 0.15) is 26.7 Å². The Balaban J connectivity index is 2.48. The van der Waals surface area contributed by atoms with Gasteiger partial charge in [-0.05, 0) is 5.92 Å². The smallest absolute Gasteiger partial charge is 0.203 e. The molecular formula is C12H21N3. The maximum atomic E-state index is 4.28. The van der Waals surface area contributed by atoms with Crippen molar-refractivity contribution in [2.24, 2.45) is 5.92 Å². The van der Waals surface area contributed by atoms with Gasteiger partial charge in [0.1, 0.15) is 0 Å². The summed E-state index contributed by atoms with van der Waals surface area (Å²) in [5.41, 5.74) is 0. The van der Waals surface area contributed by atoms with Crippen LogP contribution in [0.2, 0.25) is 0 Å². The van der Waals surface area contributed by atoms with E-state index in [-0.39, 0.29) is 0 Å². The fourth-order valence-electron chi connectivity index (χ4n) is 1.58. The van der Waals surface area contributed by atoms with E-state index in [0.717, 1.165) is 25.0 Å². The molecule has 0 bridgehead atoms. The van der Waals surface area contributed by atoms with Gasteiger partial charge in [0.15, 0.2) is 0 Å². The first-order valence-corrected chi connectivity index (χ1v) is 5.67. The van der Waals surface area contributed by atoms with E-state index in [0.29, 0.717) is 0 Å². The van der Waals surface area contributed by atoms with Crippen molar-refractivity contribution >= 4 is 5.95 Å². The minimum Gasteiger partial charge on any atom is -0.355 e. The maximum Gasteiger partial charge on any atom is 0.203 e. The maximum absolute atomic E-state index is 4.28. The van der Waals surface area contributed by atoms with Crippen molar-refractivity contribution in [1.29, 1.82) is 0 Å². The highest BCUT2D eigenvalue weighted by Gasteiger charge is 2.05. The second kappa shape index (κ2) is 6.27. The van der Waals surface area contributed by atoms with Crippen molar-refractivity contribution in [3.05, 3.63) is 25.0 Å². The third-order valence-electron chi connectivity index (χ3n) is 2.74. The number of aromatic nitrogens is 2. The molecule has 1 heterocycles. The lowest BCUT2D eigenvalue weighted by Crippen LogP contribution is -2.15. The number of allylic oxidation sites excluding steroid dienone is 1. The zero-order valence-electron chi connectivity index (χ0n) is 9.74. The fraction of sp³-hybridized carbons (Fsp3) is 0.583. The molecule has 1 N–H and O–H groups in total. The minimum absolute atomic E-state index is 0.735. The van der Waals surface area contributed by atoms with Crippen LogP contribution in [-0.2, 0) is 6.54 Å². The Morgan fingerprint density at radius 2 is 2.27 bits per heavy atom. The zero-order chi connectivity index (χ0) is 11.1. The molecule has 0 saturated heterocycles. The summed E-state index contributed by atoms with van der Waals surface area (Å²) in [5, 5.41) is 3.38.